The van der Waals surface area contributed by atoms with Crippen molar-refractivity contribution < 1.29 is 37.0 Å². The number of methoxy groups -OCH3 is 1. The number of rotatable bonds is 7. The normalized spacial score (nSPS) is 14.8. The summed E-state index contributed by atoms with van der Waals surface area (Å²) in [6, 6.07) is 7.15. The number of carbonyl (C=O) groups is 3. The van der Waals surface area contributed by atoms with Gasteiger partial charge in [-0.05, 0) is 43.9 Å². The number of fused-ring (bicyclic) bond motifs is 1. The van der Waals surface area contributed by atoms with Gasteiger partial charge < -0.3 is 20.1 Å². The van der Waals surface area contributed by atoms with E-state index in [1.54, 1.807) is 11.4 Å². The maximum Gasteiger partial charge on any atom is 0.441 e. The highest BCUT2D eigenvalue weighted by molar-refractivity contribution is 7.16. The molecule has 7 nitrogen and oxygen atoms in total. The van der Waals surface area contributed by atoms with E-state index in [0.29, 0.717) is 18.4 Å². The Morgan fingerprint density at radius 2 is 1.81 bits per heavy atom. The number of alkyl halides is 3. The van der Waals surface area contributed by atoms with Crippen LogP contribution in [-0.2, 0) is 27.1 Å². The summed E-state index contributed by atoms with van der Waals surface area (Å²) in [5, 5.41) is 3.67. The number of benzene rings is 1. The number of aryl methyl sites for hydroxylation is 1. The molecule has 32 heavy (non-hydrogen) atoms. The molecule has 0 saturated carbocycles. The van der Waals surface area contributed by atoms with E-state index in [1.807, 2.05) is 0 Å². The Morgan fingerprint density at radius 3 is 2.41 bits per heavy atom. The first-order chi connectivity index (χ1) is 15.1. The molecule has 1 amide bonds. The summed E-state index contributed by atoms with van der Waals surface area (Å²) in [7, 11) is 1.12. The van der Waals surface area contributed by atoms with Crippen LogP contribution >= 0.6 is 11.3 Å². The van der Waals surface area contributed by atoms with Gasteiger partial charge in [-0.3, -0.25) is 4.79 Å². The Morgan fingerprint density at radius 1 is 1.12 bits per heavy atom. The van der Waals surface area contributed by atoms with E-state index in [9.17, 15) is 27.6 Å². The number of nitrogens with one attached hydrogen (secondary N) is 2. The SMILES string of the molecule is CCOC(=O)[C@@](NC(=O)c1ccccc1)(Nc1sc2c(c1C(=O)OC)CCC2)C(F)(F)F. The van der Waals surface area contributed by atoms with E-state index < -0.39 is 29.7 Å². The molecule has 1 aliphatic rings. The van der Waals surface area contributed by atoms with E-state index in [2.05, 4.69) is 5.32 Å². The second-order valence-corrected chi connectivity index (χ2v) is 8.07. The largest absolute Gasteiger partial charge is 0.465 e. The van der Waals surface area contributed by atoms with Crippen molar-refractivity contribution in [1.82, 2.24) is 5.32 Å². The minimum Gasteiger partial charge on any atom is -0.465 e. The third-order valence-corrected chi connectivity index (χ3v) is 6.16. The molecule has 0 bridgehead atoms. The van der Waals surface area contributed by atoms with Crippen molar-refractivity contribution in [2.45, 2.75) is 38.0 Å². The first-order valence-electron chi connectivity index (χ1n) is 9.77. The molecule has 0 fully saturated rings. The van der Waals surface area contributed by atoms with Crippen LogP contribution in [0.3, 0.4) is 0 Å². The first kappa shape index (κ1) is 23.6. The predicted molar refractivity (Wildman–Crippen MR) is 111 cm³/mol. The van der Waals surface area contributed by atoms with Gasteiger partial charge in [0.1, 0.15) is 5.00 Å². The summed E-state index contributed by atoms with van der Waals surface area (Å²) in [5.41, 5.74) is -3.21. The van der Waals surface area contributed by atoms with Crippen molar-refractivity contribution in [3.05, 3.63) is 51.9 Å². The van der Waals surface area contributed by atoms with Crippen molar-refractivity contribution in [2.75, 3.05) is 19.0 Å². The van der Waals surface area contributed by atoms with E-state index in [-0.39, 0.29) is 22.7 Å². The van der Waals surface area contributed by atoms with Crippen LogP contribution in [0.5, 0.6) is 0 Å². The third-order valence-electron chi connectivity index (χ3n) is 4.96. The number of anilines is 1. The van der Waals surface area contributed by atoms with Gasteiger partial charge in [0.25, 0.3) is 5.91 Å². The topological polar surface area (TPSA) is 93.7 Å². The number of halogens is 3. The highest BCUT2D eigenvalue weighted by Crippen LogP contribution is 2.43. The number of carbonyl (C=O) groups excluding carboxylic acids is 3. The molecule has 0 aliphatic heterocycles. The van der Waals surface area contributed by atoms with Crippen LogP contribution in [0.15, 0.2) is 30.3 Å². The van der Waals surface area contributed by atoms with Gasteiger partial charge in [0, 0.05) is 10.4 Å². The number of ether oxygens (including phenoxy) is 2. The zero-order valence-corrected chi connectivity index (χ0v) is 18.1. The van der Waals surface area contributed by atoms with Crippen LogP contribution < -0.4 is 10.6 Å². The summed E-state index contributed by atoms with van der Waals surface area (Å²) in [5.74, 6) is -3.73. The number of esters is 2. The van der Waals surface area contributed by atoms with E-state index in [4.69, 9.17) is 9.47 Å². The minimum atomic E-state index is -5.31. The van der Waals surface area contributed by atoms with Crippen molar-refractivity contribution in [3.63, 3.8) is 0 Å². The fraction of sp³-hybridized carbons (Fsp3) is 0.381. The predicted octanol–water partition coefficient (Wildman–Crippen LogP) is 3.69. The van der Waals surface area contributed by atoms with Crippen molar-refractivity contribution >= 4 is 34.2 Å². The number of hydrogen-bond acceptors (Lipinski definition) is 7. The van der Waals surface area contributed by atoms with Crippen LogP contribution in [0.1, 0.15) is 44.5 Å². The van der Waals surface area contributed by atoms with Gasteiger partial charge in [-0.25, -0.2) is 9.59 Å². The van der Waals surface area contributed by atoms with Gasteiger partial charge in [-0.15, -0.1) is 11.3 Å². The van der Waals surface area contributed by atoms with Crippen molar-refractivity contribution in [1.29, 1.82) is 0 Å². The summed E-state index contributed by atoms with van der Waals surface area (Å²) in [6.07, 6.45) is -3.49. The maximum atomic E-state index is 14.4. The molecular formula is C21H21F3N2O5S. The zero-order chi connectivity index (χ0) is 23.5. The molecule has 3 rings (SSSR count). The van der Waals surface area contributed by atoms with E-state index in [0.717, 1.165) is 29.7 Å². The molecule has 0 radical (unpaired) electrons. The fourth-order valence-electron chi connectivity index (χ4n) is 3.44. The van der Waals surface area contributed by atoms with Crippen LogP contribution in [0.2, 0.25) is 0 Å². The van der Waals surface area contributed by atoms with Crippen molar-refractivity contribution in [3.8, 4) is 0 Å². The average Bonchev–Trinajstić information content (AvgIpc) is 3.33. The lowest BCUT2D eigenvalue weighted by atomic mass is 10.1. The molecule has 0 saturated heterocycles. The molecule has 0 unspecified atom stereocenters. The monoisotopic (exact) mass is 470 g/mol. The van der Waals surface area contributed by atoms with E-state index >= 15 is 0 Å². The first-order valence-corrected chi connectivity index (χ1v) is 10.6. The summed E-state index contributed by atoms with van der Waals surface area (Å²) in [6.45, 7) is 0.988. The lowest BCUT2D eigenvalue weighted by Crippen LogP contribution is -2.69. The molecule has 1 aliphatic carbocycles. The molecule has 1 atom stereocenters. The average molecular weight is 470 g/mol. The highest BCUT2D eigenvalue weighted by atomic mass is 32.1. The molecule has 172 valence electrons. The van der Waals surface area contributed by atoms with Crippen molar-refractivity contribution in [2.24, 2.45) is 0 Å². The number of amides is 1. The molecule has 1 aromatic heterocycles. The van der Waals surface area contributed by atoms with E-state index in [1.165, 1.54) is 31.2 Å². The van der Waals surface area contributed by atoms with Gasteiger partial charge >= 0.3 is 23.8 Å². The van der Waals surface area contributed by atoms with Crippen LogP contribution in [-0.4, -0.2) is 43.4 Å². The molecule has 0 spiro atoms. The lowest BCUT2D eigenvalue weighted by molar-refractivity contribution is -0.204. The molecule has 2 N–H and O–H groups in total. The second-order valence-electron chi connectivity index (χ2n) is 6.97. The van der Waals surface area contributed by atoms with Gasteiger partial charge in [-0.2, -0.15) is 13.2 Å². The molecular weight excluding hydrogens is 449 g/mol. The second kappa shape index (κ2) is 9.19. The van der Waals surface area contributed by atoms with Gasteiger partial charge in [0.15, 0.2) is 0 Å². The van der Waals surface area contributed by atoms with Gasteiger partial charge in [0.05, 0.1) is 19.3 Å². The Hall–Kier alpha value is -3.08. The summed E-state index contributed by atoms with van der Waals surface area (Å²) < 4.78 is 52.8. The summed E-state index contributed by atoms with van der Waals surface area (Å²) in [4.78, 5) is 38.5. The Bertz CT molecular complexity index is 1020. The Labute approximate surface area is 185 Å². The Balaban J connectivity index is 2.12. The van der Waals surface area contributed by atoms with Crippen LogP contribution in [0.25, 0.3) is 0 Å². The van der Waals surface area contributed by atoms with Gasteiger partial charge in [0.2, 0.25) is 0 Å². The van der Waals surface area contributed by atoms with Crippen LogP contribution in [0, 0.1) is 0 Å². The third kappa shape index (κ3) is 4.29. The van der Waals surface area contributed by atoms with Crippen LogP contribution in [0.4, 0.5) is 18.2 Å². The minimum absolute atomic E-state index is 0.0723. The number of hydrogen-bond donors (Lipinski definition) is 2. The molecule has 2 aromatic rings. The molecule has 11 heteroatoms. The lowest BCUT2D eigenvalue weighted by Gasteiger charge is -2.35. The molecule has 1 heterocycles. The van der Waals surface area contributed by atoms with Gasteiger partial charge in [-0.1, -0.05) is 18.2 Å². The fourth-order valence-corrected chi connectivity index (χ4v) is 4.78. The quantitative estimate of drug-likeness (QED) is 0.474. The zero-order valence-electron chi connectivity index (χ0n) is 17.3. The molecule has 1 aromatic carbocycles. The highest BCUT2D eigenvalue weighted by Gasteiger charge is 2.64. The number of thiophene rings is 1. The smallest absolute Gasteiger partial charge is 0.441 e. The Kier molecular flexibility index (Phi) is 6.77. The summed E-state index contributed by atoms with van der Waals surface area (Å²) >= 11 is 0.923. The standard InChI is InChI=1S/C21H21F3N2O5S/c1-3-31-19(29)20(21(22,23)24,25-16(27)12-8-5-4-6-9-12)26-17-15(18(28)30-2)13-10-7-11-14(13)32-17/h4-6,8-9,26H,3,7,10-11H2,1-2H3,(H,25,27)/t20-/m1/s1. The maximum absolute atomic E-state index is 14.4.